The number of carboxylic acids is 1. The molecule has 0 aliphatic rings. The molecule has 6 nitrogen and oxygen atoms in total. The van der Waals surface area contributed by atoms with Crippen LogP contribution in [0.1, 0.15) is 6.92 Å². The van der Waals surface area contributed by atoms with E-state index in [0.29, 0.717) is 0 Å². The lowest BCUT2D eigenvalue weighted by molar-refractivity contribution is -0.141. The molecule has 2 N–H and O–H groups in total. The van der Waals surface area contributed by atoms with E-state index in [2.05, 4.69) is 10.4 Å². The first-order valence-corrected chi connectivity index (χ1v) is 5.50. The summed E-state index contributed by atoms with van der Waals surface area (Å²) < 4.78 is 1.49. The van der Waals surface area contributed by atoms with Crippen molar-refractivity contribution in [2.75, 3.05) is 0 Å². The molecule has 0 spiro atoms. The molecule has 18 heavy (non-hydrogen) atoms. The van der Waals surface area contributed by atoms with E-state index in [1.165, 1.54) is 11.6 Å². The number of nitrogens with one attached hydrogen (secondary N) is 1. The van der Waals surface area contributed by atoms with Gasteiger partial charge in [0.2, 0.25) is 5.91 Å². The van der Waals surface area contributed by atoms with E-state index in [4.69, 9.17) is 5.11 Å². The van der Waals surface area contributed by atoms with Crippen molar-refractivity contribution in [2.45, 2.75) is 19.5 Å². The molecule has 0 aliphatic carbocycles. The van der Waals surface area contributed by atoms with Gasteiger partial charge in [-0.3, -0.25) is 14.3 Å². The van der Waals surface area contributed by atoms with Gasteiger partial charge in [-0.15, -0.1) is 0 Å². The number of rotatable bonds is 4. The molecule has 1 aromatic heterocycles. The molecule has 0 saturated heterocycles. The fraction of sp³-hybridized carbons (Fsp3) is 0.250. The number of aromatic nitrogens is 2. The third-order valence-electron chi connectivity index (χ3n) is 2.51. The van der Waals surface area contributed by atoms with Crippen molar-refractivity contribution in [1.29, 1.82) is 0 Å². The zero-order valence-corrected chi connectivity index (χ0v) is 9.83. The molecule has 1 amide bonds. The first-order chi connectivity index (χ1) is 8.56. The van der Waals surface area contributed by atoms with Gasteiger partial charge in [0.25, 0.3) is 0 Å². The number of benzene rings is 1. The van der Waals surface area contributed by atoms with Crippen molar-refractivity contribution in [3.63, 3.8) is 0 Å². The molecule has 1 aromatic carbocycles. The van der Waals surface area contributed by atoms with Gasteiger partial charge in [0.1, 0.15) is 12.6 Å². The molecule has 0 radical (unpaired) electrons. The second-order valence-corrected chi connectivity index (χ2v) is 4.01. The van der Waals surface area contributed by atoms with Crippen LogP contribution in [0.3, 0.4) is 0 Å². The van der Waals surface area contributed by atoms with Crippen LogP contribution in [0.15, 0.2) is 30.5 Å². The Bertz CT molecular complexity index is 558. The van der Waals surface area contributed by atoms with Crippen molar-refractivity contribution >= 4 is 22.8 Å². The summed E-state index contributed by atoms with van der Waals surface area (Å²) in [6.07, 6.45) is 1.75. The van der Waals surface area contributed by atoms with Gasteiger partial charge >= 0.3 is 5.97 Å². The molecule has 0 aliphatic heterocycles. The van der Waals surface area contributed by atoms with Gasteiger partial charge in [-0.25, -0.2) is 0 Å². The van der Waals surface area contributed by atoms with E-state index < -0.39 is 12.0 Å². The second-order valence-electron chi connectivity index (χ2n) is 4.01. The van der Waals surface area contributed by atoms with E-state index in [9.17, 15) is 9.59 Å². The van der Waals surface area contributed by atoms with Crippen LogP contribution in [0.4, 0.5) is 0 Å². The highest BCUT2D eigenvalue weighted by atomic mass is 16.4. The molecule has 0 bridgehead atoms. The number of hydrogen-bond donors (Lipinski definition) is 2. The Morgan fingerprint density at radius 2 is 2.17 bits per heavy atom. The Morgan fingerprint density at radius 1 is 1.44 bits per heavy atom. The first-order valence-electron chi connectivity index (χ1n) is 5.50. The van der Waals surface area contributed by atoms with Crippen LogP contribution in [0.25, 0.3) is 10.9 Å². The largest absolute Gasteiger partial charge is 0.480 e. The van der Waals surface area contributed by atoms with E-state index in [-0.39, 0.29) is 12.5 Å². The number of amides is 1. The van der Waals surface area contributed by atoms with Gasteiger partial charge in [0.15, 0.2) is 0 Å². The lowest BCUT2D eigenvalue weighted by Crippen LogP contribution is -2.40. The van der Waals surface area contributed by atoms with Gasteiger partial charge in [0.05, 0.1) is 5.52 Å². The summed E-state index contributed by atoms with van der Waals surface area (Å²) in [5.74, 6) is -1.44. The summed E-state index contributed by atoms with van der Waals surface area (Å²) in [5.41, 5.74) is 0.802. The van der Waals surface area contributed by atoms with Gasteiger partial charge in [0, 0.05) is 11.6 Å². The Hall–Kier alpha value is -2.37. The Kier molecular flexibility index (Phi) is 3.27. The van der Waals surface area contributed by atoms with Crippen molar-refractivity contribution in [1.82, 2.24) is 15.1 Å². The molecular formula is C12H13N3O3. The maximum absolute atomic E-state index is 11.6. The quantitative estimate of drug-likeness (QED) is 0.829. The Labute approximate surface area is 103 Å². The molecule has 2 aromatic rings. The summed E-state index contributed by atoms with van der Waals surface area (Å²) in [5, 5.41) is 16.2. The third-order valence-corrected chi connectivity index (χ3v) is 2.51. The predicted octanol–water partition coefficient (Wildman–Crippen LogP) is 0.626. The van der Waals surface area contributed by atoms with Crippen molar-refractivity contribution < 1.29 is 14.7 Å². The zero-order valence-electron chi connectivity index (χ0n) is 9.83. The standard InChI is InChI=1S/C12H13N3O3/c1-8(12(17)18)13-11(16)7-15-6-9-4-2-3-5-10(9)14-15/h2-6,8H,7H2,1H3,(H,13,16)(H,17,18)/t8-/m0/s1. The number of carbonyl (C=O) groups is 2. The molecule has 6 heteroatoms. The van der Waals surface area contributed by atoms with Crippen molar-refractivity contribution in [3.8, 4) is 0 Å². The maximum atomic E-state index is 11.6. The van der Waals surface area contributed by atoms with E-state index in [0.717, 1.165) is 10.9 Å². The van der Waals surface area contributed by atoms with Gasteiger partial charge < -0.3 is 10.4 Å². The molecule has 0 fully saturated rings. The van der Waals surface area contributed by atoms with Gasteiger partial charge in [-0.1, -0.05) is 18.2 Å². The molecule has 1 heterocycles. The number of carbonyl (C=O) groups excluding carboxylic acids is 1. The van der Waals surface area contributed by atoms with E-state index in [1.54, 1.807) is 6.20 Å². The number of fused-ring (bicyclic) bond motifs is 1. The van der Waals surface area contributed by atoms with Crippen LogP contribution in [0.2, 0.25) is 0 Å². The fourth-order valence-electron chi connectivity index (χ4n) is 1.59. The first kappa shape index (κ1) is 12.1. The maximum Gasteiger partial charge on any atom is 0.325 e. The molecule has 94 valence electrons. The predicted molar refractivity (Wildman–Crippen MR) is 65.0 cm³/mol. The fourth-order valence-corrected chi connectivity index (χ4v) is 1.59. The lowest BCUT2D eigenvalue weighted by atomic mass is 10.3. The van der Waals surface area contributed by atoms with Crippen LogP contribution in [-0.4, -0.2) is 32.8 Å². The summed E-state index contributed by atoms with van der Waals surface area (Å²) in [7, 11) is 0. The minimum absolute atomic E-state index is 0.00625. The average molecular weight is 247 g/mol. The molecule has 0 saturated carbocycles. The van der Waals surface area contributed by atoms with Crippen molar-refractivity contribution in [3.05, 3.63) is 30.5 Å². The van der Waals surface area contributed by atoms with E-state index in [1.807, 2.05) is 24.3 Å². The monoisotopic (exact) mass is 247 g/mol. The van der Waals surface area contributed by atoms with Crippen LogP contribution < -0.4 is 5.32 Å². The second kappa shape index (κ2) is 4.87. The highest BCUT2D eigenvalue weighted by molar-refractivity contribution is 5.83. The van der Waals surface area contributed by atoms with Crippen LogP contribution in [-0.2, 0) is 16.1 Å². The normalized spacial score (nSPS) is 12.3. The summed E-state index contributed by atoms with van der Waals surface area (Å²) in [6.45, 7) is 1.42. The van der Waals surface area contributed by atoms with Crippen LogP contribution >= 0.6 is 0 Å². The van der Waals surface area contributed by atoms with Crippen LogP contribution in [0, 0.1) is 0 Å². The summed E-state index contributed by atoms with van der Waals surface area (Å²) in [6, 6.07) is 6.61. The molecule has 2 rings (SSSR count). The number of hydrogen-bond acceptors (Lipinski definition) is 3. The van der Waals surface area contributed by atoms with Gasteiger partial charge in [-0.2, -0.15) is 5.10 Å². The summed E-state index contributed by atoms with van der Waals surface area (Å²) >= 11 is 0. The topological polar surface area (TPSA) is 84.2 Å². The Balaban J connectivity index is 2.05. The van der Waals surface area contributed by atoms with Crippen LogP contribution in [0.5, 0.6) is 0 Å². The minimum Gasteiger partial charge on any atom is -0.480 e. The molecular weight excluding hydrogens is 234 g/mol. The third kappa shape index (κ3) is 2.65. The minimum atomic E-state index is -1.06. The Morgan fingerprint density at radius 3 is 2.83 bits per heavy atom. The highest BCUT2D eigenvalue weighted by Gasteiger charge is 2.14. The molecule has 1 atom stereocenters. The number of nitrogens with zero attached hydrogens (tertiary/aromatic N) is 2. The zero-order chi connectivity index (χ0) is 13.1. The average Bonchev–Trinajstić information content (AvgIpc) is 2.70. The molecule has 0 unspecified atom stereocenters. The van der Waals surface area contributed by atoms with Crippen molar-refractivity contribution in [2.24, 2.45) is 0 Å². The smallest absolute Gasteiger partial charge is 0.325 e. The van der Waals surface area contributed by atoms with E-state index >= 15 is 0 Å². The lowest BCUT2D eigenvalue weighted by Gasteiger charge is -2.08. The number of carboxylic acid groups (broad SMARTS) is 1. The van der Waals surface area contributed by atoms with Gasteiger partial charge in [-0.05, 0) is 13.0 Å². The SMILES string of the molecule is C[C@H](NC(=O)Cn1cc2ccccc2n1)C(=O)O. The highest BCUT2D eigenvalue weighted by Crippen LogP contribution is 2.10. The summed E-state index contributed by atoms with van der Waals surface area (Å²) in [4.78, 5) is 22.2. The number of aliphatic carboxylic acids is 1.